The van der Waals surface area contributed by atoms with Crippen LogP contribution in [0.2, 0.25) is 0 Å². The zero-order valence-electron chi connectivity index (χ0n) is 15.3. The molecule has 1 aromatic carbocycles. The zero-order chi connectivity index (χ0) is 19.6. The van der Waals surface area contributed by atoms with Crippen molar-refractivity contribution < 1.29 is 9.72 Å². The lowest BCUT2D eigenvalue weighted by Crippen LogP contribution is -2.40. The van der Waals surface area contributed by atoms with Gasteiger partial charge < -0.3 is 5.32 Å². The van der Waals surface area contributed by atoms with E-state index in [1.165, 1.54) is 16.4 Å². The molecule has 0 atom stereocenters. The predicted octanol–water partition coefficient (Wildman–Crippen LogP) is 2.72. The highest BCUT2D eigenvalue weighted by Gasteiger charge is 2.32. The van der Waals surface area contributed by atoms with E-state index >= 15 is 0 Å². The molecule has 0 saturated carbocycles. The standard InChI is InChI=1S/C18H20N6O3/c1-13-6-4-5-7-14(13)10-22-11-15(8-19-22)21-17(25)18(2,3)23-12-16(9-20-23)24(26)27/h4-9,11-12H,10H2,1-3H3,(H,21,25). The van der Waals surface area contributed by atoms with Gasteiger partial charge in [-0.15, -0.1) is 0 Å². The van der Waals surface area contributed by atoms with Crippen LogP contribution in [0.15, 0.2) is 49.1 Å². The van der Waals surface area contributed by atoms with Gasteiger partial charge >= 0.3 is 5.69 Å². The van der Waals surface area contributed by atoms with Gasteiger partial charge in [0.2, 0.25) is 0 Å². The second-order valence-electron chi connectivity index (χ2n) is 6.77. The molecule has 3 rings (SSSR count). The van der Waals surface area contributed by atoms with Crippen LogP contribution in [0, 0.1) is 17.0 Å². The molecule has 27 heavy (non-hydrogen) atoms. The molecule has 0 fully saturated rings. The van der Waals surface area contributed by atoms with E-state index in [1.54, 1.807) is 30.9 Å². The summed E-state index contributed by atoms with van der Waals surface area (Å²) in [5.41, 5.74) is 1.58. The van der Waals surface area contributed by atoms with Crippen LogP contribution < -0.4 is 5.32 Å². The fourth-order valence-corrected chi connectivity index (χ4v) is 2.58. The third-order valence-electron chi connectivity index (χ3n) is 4.39. The molecule has 0 bridgehead atoms. The van der Waals surface area contributed by atoms with E-state index in [2.05, 4.69) is 15.5 Å². The average molecular weight is 368 g/mol. The SMILES string of the molecule is Cc1ccccc1Cn1cc(NC(=O)C(C)(C)n2cc([N+](=O)[O-])cn2)cn1. The minimum atomic E-state index is -1.10. The number of carbonyl (C=O) groups is 1. The first-order valence-corrected chi connectivity index (χ1v) is 8.35. The van der Waals surface area contributed by atoms with Gasteiger partial charge in [0.15, 0.2) is 0 Å². The van der Waals surface area contributed by atoms with Crippen LogP contribution in [0.4, 0.5) is 11.4 Å². The lowest BCUT2D eigenvalue weighted by atomic mass is 10.1. The Kier molecular flexibility index (Phi) is 4.76. The number of nitrogens with one attached hydrogen (secondary N) is 1. The van der Waals surface area contributed by atoms with Gasteiger partial charge in [-0.1, -0.05) is 24.3 Å². The van der Waals surface area contributed by atoms with E-state index in [1.807, 2.05) is 31.2 Å². The first-order valence-electron chi connectivity index (χ1n) is 8.35. The number of anilines is 1. The van der Waals surface area contributed by atoms with Crippen molar-refractivity contribution >= 4 is 17.3 Å². The van der Waals surface area contributed by atoms with Gasteiger partial charge in [-0.2, -0.15) is 10.2 Å². The third-order valence-corrected chi connectivity index (χ3v) is 4.39. The molecule has 2 heterocycles. The molecule has 0 unspecified atom stereocenters. The zero-order valence-corrected chi connectivity index (χ0v) is 15.3. The highest BCUT2D eigenvalue weighted by molar-refractivity contribution is 5.95. The molecule has 1 amide bonds. The Morgan fingerprint density at radius 1 is 1.22 bits per heavy atom. The minimum absolute atomic E-state index is 0.165. The summed E-state index contributed by atoms with van der Waals surface area (Å²) >= 11 is 0. The molecule has 3 aromatic rings. The Labute approximate surface area is 155 Å². The van der Waals surface area contributed by atoms with Crippen molar-refractivity contribution in [3.05, 3.63) is 70.3 Å². The van der Waals surface area contributed by atoms with Gasteiger partial charge in [-0.05, 0) is 31.9 Å². The number of hydrogen-bond acceptors (Lipinski definition) is 5. The number of nitrogens with zero attached hydrogens (tertiary/aromatic N) is 5. The number of amides is 1. The van der Waals surface area contributed by atoms with Crippen LogP contribution in [0.3, 0.4) is 0 Å². The summed E-state index contributed by atoms with van der Waals surface area (Å²) in [6.07, 6.45) is 5.67. The first kappa shape index (κ1) is 18.3. The second-order valence-corrected chi connectivity index (χ2v) is 6.77. The summed E-state index contributed by atoms with van der Waals surface area (Å²) < 4.78 is 3.02. The smallest absolute Gasteiger partial charge is 0.307 e. The third kappa shape index (κ3) is 3.86. The van der Waals surface area contributed by atoms with Crippen molar-refractivity contribution in [2.24, 2.45) is 0 Å². The Morgan fingerprint density at radius 2 is 1.96 bits per heavy atom. The second kappa shape index (κ2) is 7.02. The van der Waals surface area contributed by atoms with Gasteiger partial charge in [0, 0.05) is 6.20 Å². The largest absolute Gasteiger partial charge is 0.321 e. The normalized spacial score (nSPS) is 11.4. The Balaban J connectivity index is 1.71. The van der Waals surface area contributed by atoms with Crippen LogP contribution >= 0.6 is 0 Å². The Bertz CT molecular complexity index is 988. The molecule has 2 aromatic heterocycles. The number of carbonyl (C=O) groups excluding carboxylic acids is 1. The number of nitro groups is 1. The van der Waals surface area contributed by atoms with Gasteiger partial charge in [-0.25, -0.2) is 0 Å². The topological polar surface area (TPSA) is 108 Å². The fourth-order valence-electron chi connectivity index (χ4n) is 2.58. The summed E-state index contributed by atoms with van der Waals surface area (Å²) in [7, 11) is 0. The van der Waals surface area contributed by atoms with Crippen molar-refractivity contribution in [3.8, 4) is 0 Å². The molecular weight excluding hydrogens is 348 g/mol. The Morgan fingerprint density at radius 3 is 2.63 bits per heavy atom. The van der Waals surface area contributed by atoms with E-state index in [0.717, 1.165) is 11.8 Å². The number of rotatable bonds is 6. The van der Waals surface area contributed by atoms with E-state index in [0.29, 0.717) is 12.2 Å². The summed E-state index contributed by atoms with van der Waals surface area (Å²) in [6, 6.07) is 8.02. The predicted molar refractivity (Wildman–Crippen MR) is 99.3 cm³/mol. The molecule has 0 saturated heterocycles. The van der Waals surface area contributed by atoms with Gasteiger partial charge in [0.1, 0.15) is 17.9 Å². The van der Waals surface area contributed by atoms with Crippen LogP contribution in [0.25, 0.3) is 0 Å². The quantitative estimate of drug-likeness (QED) is 0.532. The number of aromatic nitrogens is 4. The van der Waals surface area contributed by atoms with Crippen molar-refractivity contribution in [1.82, 2.24) is 19.6 Å². The van der Waals surface area contributed by atoms with Crippen LogP contribution in [-0.4, -0.2) is 30.4 Å². The van der Waals surface area contributed by atoms with Gasteiger partial charge in [0.25, 0.3) is 5.91 Å². The van der Waals surface area contributed by atoms with E-state index in [-0.39, 0.29) is 11.6 Å². The Hall–Kier alpha value is -3.49. The molecule has 9 nitrogen and oxygen atoms in total. The van der Waals surface area contributed by atoms with E-state index in [9.17, 15) is 14.9 Å². The molecular formula is C18H20N6O3. The number of aryl methyl sites for hydroxylation is 1. The summed E-state index contributed by atoms with van der Waals surface area (Å²) in [6.45, 7) is 5.90. The fraction of sp³-hybridized carbons (Fsp3) is 0.278. The van der Waals surface area contributed by atoms with Crippen LogP contribution in [0.1, 0.15) is 25.0 Å². The van der Waals surface area contributed by atoms with E-state index < -0.39 is 10.5 Å². The van der Waals surface area contributed by atoms with Crippen molar-refractivity contribution in [1.29, 1.82) is 0 Å². The van der Waals surface area contributed by atoms with E-state index in [4.69, 9.17) is 0 Å². The molecule has 9 heteroatoms. The van der Waals surface area contributed by atoms with Crippen LogP contribution in [0.5, 0.6) is 0 Å². The molecule has 0 spiro atoms. The molecule has 0 aliphatic rings. The van der Waals surface area contributed by atoms with Gasteiger partial charge in [0.05, 0.1) is 23.4 Å². The summed E-state index contributed by atoms with van der Waals surface area (Å²) in [5.74, 6) is -0.351. The lowest BCUT2D eigenvalue weighted by Gasteiger charge is -2.23. The van der Waals surface area contributed by atoms with Crippen molar-refractivity contribution in [2.75, 3.05) is 5.32 Å². The molecule has 0 aliphatic heterocycles. The van der Waals surface area contributed by atoms with Crippen molar-refractivity contribution in [3.63, 3.8) is 0 Å². The molecule has 0 aliphatic carbocycles. The maximum atomic E-state index is 12.7. The molecule has 0 radical (unpaired) electrons. The summed E-state index contributed by atoms with van der Waals surface area (Å²) in [4.78, 5) is 22.9. The highest BCUT2D eigenvalue weighted by Crippen LogP contribution is 2.21. The maximum absolute atomic E-state index is 12.7. The molecule has 140 valence electrons. The van der Waals surface area contributed by atoms with Gasteiger partial charge in [-0.3, -0.25) is 24.3 Å². The average Bonchev–Trinajstić information content (AvgIpc) is 3.27. The maximum Gasteiger partial charge on any atom is 0.307 e. The molecule has 1 N–H and O–H groups in total. The van der Waals surface area contributed by atoms with Crippen LogP contribution in [-0.2, 0) is 16.9 Å². The van der Waals surface area contributed by atoms with Crippen molar-refractivity contribution in [2.45, 2.75) is 32.9 Å². The lowest BCUT2D eigenvalue weighted by molar-refractivity contribution is -0.385. The minimum Gasteiger partial charge on any atom is -0.321 e. The summed E-state index contributed by atoms with van der Waals surface area (Å²) in [5, 5.41) is 21.8. The monoisotopic (exact) mass is 368 g/mol. The number of benzene rings is 1. The highest BCUT2D eigenvalue weighted by atomic mass is 16.6. The number of hydrogen-bond donors (Lipinski definition) is 1. The first-order chi connectivity index (χ1) is 12.8.